The zero-order valence-electron chi connectivity index (χ0n) is 9.83. The van der Waals surface area contributed by atoms with Crippen molar-refractivity contribution in [3.8, 4) is 0 Å². The van der Waals surface area contributed by atoms with Gasteiger partial charge in [0.1, 0.15) is 5.78 Å². The van der Waals surface area contributed by atoms with Gasteiger partial charge in [-0.25, -0.2) is 0 Å². The molecule has 0 aromatic heterocycles. The first-order valence-electron chi connectivity index (χ1n) is 5.89. The first kappa shape index (κ1) is 13.0. The number of carbonyl (C=O) groups excluding carboxylic acids is 1. The molecule has 1 aliphatic heterocycles. The van der Waals surface area contributed by atoms with Gasteiger partial charge in [0.15, 0.2) is 0 Å². The molecule has 88 valence electrons. The lowest BCUT2D eigenvalue weighted by Gasteiger charge is -2.08. The predicted molar refractivity (Wildman–Crippen MR) is 65.4 cm³/mol. The van der Waals surface area contributed by atoms with Crippen LogP contribution in [-0.4, -0.2) is 30.0 Å². The van der Waals surface area contributed by atoms with Crippen molar-refractivity contribution in [2.24, 2.45) is 5.92 Å². The van der Waals surface area contributed by atoms with E-state index in [9.17, 15) is 4.79 Å². The number of hydrogen-bond donors (Lipinski definition) is 0. The summed E-state index contributed by atoms with van der Waals surface area (Å²) in [7, 11) is 0. The van der Waals surface area contributed by atoms with E-state index in [4.69, 9.17) is 4.74 Å². The van der Waals surface area contributed by atoms with E-state index in [0.717, 1.165) is 25.2 Å². The molecule has 1 aliphatic rings. The first-order valence-corrected chi connectivity index (χ1v) is 7.05. The highest BCUT2D eigenvalue weighted by Gasteiger charge is 2.16. The minimum Gasteiger partial charge on any atom is -0.378 e. The average molecular weight is 230 g/mol. The first-order chi connectivity index (χ1) is 7.18. The molecule has 1 atom stereocenters. The Morgan fingerprint density at radius 1 is 1.53 bits per heavy atom. The van der Waals surface area contributed by atoms with Gasteiger partial charge in [0.05, 0.1) is 11.9 Å². The molecular formula is C12H22O2S. The zero-order valence-corrected chi connectivity index (χ0v) is 10.6. The number of hydrogen-bond acceptors (Lipinski definition) is 3. The van der Waals surface area contributed by atoms with Crippen molar-refractivity contribution < 1.29 is 9.53 Å². The van der Waals surface area contributed by atoms with Crippen LogP contribution < -0.4 is 0 Å². The zero-order chi connectivity index (χ0) is 11.1. The molecule has 0 N–H and O–H groups in total. The number of rotatable bonds is 7. The van der Waals surface area contributed by atoms with Crippen molar-refractivity contribution >= 4 is 17.5 Å². The summed E-state index contributed by atoms with van der Waals surface area (Å²) in [5.74, 6) is 2.84. The predicted octanol–water partition coefficient (Wildman–Crippen LogP) is 2.90. The van der Waals surface area contributed by atoms with Crippen LogP contribution in [0.1, 0.15) is 39.5 Å². The van der Waals surface area contributed by atoms with Crippen molar-refractivity contribution in [3.05, 3.63) is 0 Å². The van der Waals surface area contributed by atoms with Crippen molar-refractivity contribution in [2.45, 2.75) is 45.6 Å². The van der Waals surface area contributed by atoms with Gasteiger partial charge < -0.3 is 4.74 Å². The lowest BCUT2D eigenvalue weighted by molar-refractivity contribution is -0.117. The molecule has 15 heavy (non-hydrogen) atoms. The maximum absolute atomic E-state index is 11.5. The monoisotopic (exact) mass is 230 g/mol. The number of Topliss-reactive ketones (excluding diaryl/α,β-unsaturated/α-hetero) is 1. The number of ether oxygens (including phenoxy) is 1. The van der Waals surface area contributed by atoms with E-state index in [1.807, 2.05) is 0 Å². The van der Waals surface area contributed by atoms with Gasteiger partial charge in [0, 0.05) is 13.0 Å². The summed E-state index contributed by atoms with van der Waals surface area (Å²) in [4.78, 5) is 11.5. The highest BCUT2D eigenvalue weighted by Crippen LogP contribution is 2.17. The summed E-state index contributed by atoms with van der Waals surface area (Å²) in [6.07, 6.45) is 4.31. The second-order valence-corrected chi connectivity index (χ2v) is 5.65. The highest BCUT2D eigenvalue weighted by atomic mass is 32.2. The van der Waals surface area contributed by atoms with Crippen LogP contribution in [0.4, 0.5) is 0 Å². The largest absolute Gasteiger partial charge is 0.378 e. The lowest BCUT2D eigenvalue weighted by atomic mass is 10.1. The van der Waals surface area contributed by atoms with Gasteiger partial charge in [-0.2, -0.15) is 11.8 Å². The van der Waals surface area contributed by atoms with E-state index in [1.165, 1.54) is 6.42 Å². The molecule has 0 bridgehead atoms. The van der Waals surface area contributed by atoms with Crippen LogP contribution in [0.3, 0.4) is 0 Å². The Kier molecular flexibility index (Phi) is 6.34. The molecule has 1 unspecified atom stereocenters. The van der Waals surface area contributed by atoms with Crippen molar-refractivity contribution in [2.75, 3.05) is 18.1 Å². The van der Waals surface area contributed by atoms with Gasteiger partial charge in [0.25, 0.3) is 0 Å². The molecule has 0 aromatic carbocycles. The van der Waals surface area contributed by atoms with Crippen LogP contribution in [0.5, 0.6) is 0 Å². The third-order valence-electron chi connectivity index (χ3n) is 2.48. The minimum atomic E-state index is 0.365. The van der Waals surface area contributed by atoms with Gasteiger partial charge in [-0.1, -0.05) is 13.8 Å². The summed E-state index contributed by atoms with van der Waals surface area (Å²) >= 11 is 1.76. The van der Waals surface area contributed by atoms with E-state index in [0.29, 0.717) is 30.0 Å². The lowest BCUT2D eigenvalue weighted by Crippen LogP contribution is -2.10. The van der Waals surface area contributed by atoms with Crippen LogP contribution in [0, 0.1) is 5.92 Å². The second kappa shape index (κ2) is 7.29. The molecule has 0 aliphatic carbocycles. The smallest absolute Gasteiger partial charge is 0.142 e. The summed E-state index contributed by atoms with van der Waals surface area (Å²) in [5, 5.41) is 0. The molecule has 0 saturated carbocycles. The van der Waals surface area contributed by atoms with Gasteiger partial charge in [0.2, 0.25) is 0 Å². The Labute approximate surface area is 97.1 Å². The van der Waals surface area contributed by atoms with E-state index >= 15 is 0 Å². The number of carbonyl (C=O) groups is 1. The molecule has 2 nitrogen and oxygen atoms in total. The summed E-state index contributed by atoms with van der Waals surface area (Å²) < 4.78 is 5.49. The van der Waals surface area contributed by atoms with E-state index in [-0.39, 0.29) is 0 Å². The van der Waals surface area contributed by atoms with Crippen molar-refractivity contribution in [1.29, 1.82) is 0 Å². The molecule has 3 heteroatoms. The molecule has 0 spiro atoms. The molecule has 0 amide bonds. The average Bonchev–Trinajstić information content (AvgIpc) is 2.66. The highest BCUT2D eigenvalue weighted by molar-refractivity contribution is 7.99. The fraction of sp³-hybridized carbons (Fsp3) is 0.917. The Balaban J connectivity index is 1.98. The Morgan fingerprint density at radius 3 is 2.93 bits per heavy atom. The maximum atomic E-state index is 11.5. The van der Waals surface area contributed by atoms with Crippen LogP contribution in [0.15, 0.2) is 0 Å². The summed E-state index contributed by atoms with van der Waals surface area (Å²) in [6.45, 7) is 5.26. The molecule has 0 radical (unpaired) electrons. The fourth-order valence-corrected chi connectivity index (χ4v) is 2.64. The van der Waals surface area contributed by atoms with Gasteiger partial charge in [-0.3, -0.25) is 4.79 Å². The van der Waals surface area contributed by atoms with Crippen LogP contribution in [-0.2, 0) is 9.53 Å². The van der Waals surface area contributed by atoms with E-state index < -0.39 is 0 Å². The van der Waals surface area contributed by atoms with Crippen molar-refractivity contribution in [3.63, 3.8) is 0 Å². The van der Waals surface area contributed by atoms with Crippen molar-refractivity contribution in [1.82, 2.24) is 0 Å². The summed E-state index contributed by atoms with van der Waals surface area (Å²) in [6, 6.07) is 0. The standard InChI is InChI=1S/C12H22O2S/c1-10(2)8-15-9-11(13)5-6-12-4-3-7-14-12/h10,12H,3-9H2,1-2H3. The summed E-state index contributed by atoms with van der Waals surface area (Å²) in [5.41, 5.74) is 0. The van der Waals surface area contributed by atoms with E-state index in [1.54, 1.807) is 11.8 Å². The van der Waals surface area contributed by atoms with Crippen LogP contribution in [0.2, 0.25) is 0 Å². The third-order valence-corrected chi connectivity index (χ3v) is 3.91. The minimum absolute atomic E-state index is 0.365. The van der Waals surface area contributed by atoms with Gasteiger partial charge >= 0.3 is 0 Å². The Morgan fingerprint density at radius 2 is 2.33 bits per heavy atom. The fourth-order valence-electron chi connectivity index (χ4n) is 1.67. The van der Waals surface area contributed by atoms with Gasteiger partial charge in [-0.05, 0) is 30.9 Å². The molecule has 1 fully saturated rings. The van der Waals surface area contributed by atoms with Gasteiger partial charge in [-0.15, -0.1) is 0 Å². The molecule has 1 rings (SSSR count). The quantitative estimate of drug-likeness (QED) is 0.672. The van der Waals surface area contributed by atoms with Crippen LogP contribution in [0.25, 0.3) is 0 Å². The molecule has 0 aromatic rings. The SMILES string of the molecule is CC(C)CSCC(=O)CCC1CCCO1. The Hall–Kier alpha value is -0.0200. The molecular weight excluding hydrogens is 208 g/mol. The Bertz CT molecular complexity index is 186. The third kappa shape index (κ3) is 6.21. The number of thioether (sulfide) groups is 1. The topological polar surface area (TPSA) is 26.3 Å². The second-order valence-electron chi connectivity index (χ2n) is 4.62. The number of ketones is 1. The maximum Gasteiger partial charge on any atom is 0.142 e. The molecule has 1 heterocycles. The van der Waals surface area contributed by atoms with Crippen LogP contribution >= 0.6 is 11.8 Å². The molecule has 1 saturated heterocycles. The normalized spacial score (nSPS) is 21.1. The van der Waals surface area contributed by atoms with E-state index in [2.05, 4.69) is 13.8 Å².